The smallest absolute Gasteiger partial charge is 0.319 e. The molecule has 2 aromatic rings. The van der Waals surface area contributed by atoms with E-state index >= 15 is 0 Å². The molecule has 2 heterocycles. The second kappa shape index (κ2) is 4.97. The number of thiophene rings is 1. The summed E-state index contributed by atoms with van der Waals surface area (Å²) in [6.07, 6.45) is 0.851. The van der Waals surface area contributed by atoms with Crippen LogP contribution in [0.25, 0.3) is 10.2 Å². The third kappa shape index (κ3) is 2.82. The summed E-state index contributed by atoms with van der Waals surface area (Å²) >= 11 is 2.51. The zero-order valence-corrected chi connectivity index (χ0v) is 12.4. The number of rotatable bonds is 4. The van der Waals surface area contributed by atoms with Crippen LogP contribution < -0.4 is 5.56 Å². The molecule has 2 N–H and O–H groups in total. The zero-order valence-electron chi connectivity index (χ0n) is 10.8. The highest BCUT2D eigenvalue weighted by atomic mass is 32.2. The number of aromatic amines is 1. The quantitative estimate of drug-likeness (QED) is 0.669. The van der Waals surface area contributed by atoms with E-state index in [-0.39, 0.29) is 5.56 Å². The normalized spacial score (nSPS) is 11.9. The van der Waals surface area contributed by atoms with E-state index in [1.165, 1.54) is 11.3 Å². The van der Waals surface area contributed by atoms with Crippen molar-refractivity contribution in [3.63, 3.8) is 0 Å². The van der Waals surface area contributed by atoms with Crippen LogP contribution in [0.2, 0.25) is 0 Å². The number of nitrogens with one attached hydrogen (secondary N) is 1. The lowest BCUT2D eigenvalue weighted by Crippen LogP contribution is -2.27. The fourth-order valence-corrected chi connectivity index (χ4v) is 3.35. The van der Waals surface area contributed by atoms with E-state index in [2.05, 4.69) is 9.97 Å². The molecule has 0 amide bonds. The van der Waals surface area contributed by atoms with E-state index in [4.69, 9.17) is 5.11 Å². The molecule has 0 saturated carbocycles. The molecule has 0 unspecified atom stereocenters. The molecule has 0 bridgehead atoms. The summed E-state index contributed by atoms with van der Waals surface area (Å²) in [4.78, 5) is 31.7. The second-order valence-electron chi connectivity index (χ2n) is 4.57. The summed E-state index contributed by atoms with van der Waals surface area (Å²) in [6.45, 7) is 5.17. The Morgan fingerprint density at radius 3 is 2.84 bits per heavy atom. The molecule has 2 rings (SSSR count). The number of nitrogens with zero attached hydrogens (tertiary/aromatic N) is 1. The van der Waals surface area contributed by atoms with Gasteiger partial charge in [-0.2, -0.15) is 0 Å². The number of carboxylic acids is 1. The van der Waals surface area contributed by atoms with Gasteiger partial charge in [-0.3, -0.25) is 9.59 Å². The van der Waals surface area contributed by atoms with Crippen LogP contribution in [0.1, 0.15) is 25.6 Å². The van der Waals surface area contributed by atoms with Crippen molar-refractivity contribution in [2.24, 2.45) is 0 Å². The van der Waals surface area contributed by atoms with Crippen molar-refractivity contribution >= 4 is 39.3 Å². The minimum absolute atomic E-state index is 0.218. The van der Waals surface area contributed by atoms with Crippen molar-refractivity contribution in [2.45, 2.75) is 37.1 Å². The average molecular weight is 298 g/mol. The van der Waals surface area contributed by atoms with Crippen LogP contribution in [0.3, 0.4) is 0 Å². The molecule has 0 aliphatic carbocycles. The molecular formula is C12H14N2O3S2. The molecule has 0 aliphatic heterocycles. The molecule has 0 spiro atoms. The Hall–Kier alpha value is -1.34. The van der Waals surface area contributed by atoms with Crippen molar-refractivity contribution in [3.8, 4) is 0 Å². The molecule has 0 aromatic carbocycles. The summed E-state index contributed by atoms with van der Waals surface area (Å²) in [5.41, 5.74) is -0.218. The fourth-order valence-electron chi connectivity index (χ4n) is 1.47. The van der Waals surface area contributed by atoms with Gasteiger partial charge in [0, 0.05) is 4.88 Å². The number of H-pyrrole nitrogens is 1. The van der Waals surface area contributed by atoms with E-state index in [1.807, 2.05) is 13.0 Å². The number of hydrogen-bond donors (Lipinski definition) is 2. The first-order chi connectivity index (χ1) is 8.83. The Kier molecular flexibility index (Phi) is 3.69. The monoisotopic (exact) mass is 298 g/mol. The predicted molar refractivity (Wildman–Crippen MR) is 77.2 cm³/mol. The Morgan fingerprint density at radius 2 is 2.26 bits per heavy atom. The van der Waals surface area contributed by atoms with Gasteiger partial charge in [0.25, 0.3) is 5.56 Å². The Labute approximate surface area is 118 Å². The fraction of sp³-hybridized carbons (Fsp3) is 0.417. The maximum Gasteiger partial charge on any atom is 0.319 e. The first-order valence-corrected chi connectivity index (χ1v) is 7.42. The lowest BCUT2D eigenvalue weighted by molar-refractivity contribution is -0.138. The summed E-state index contributed by atoms with van der Waals surface area (Å²) < 4.78 is -1.03. The van der Waals surface area contributed by atoms with Crippen LogP contribution >= 0.6 is 23.1 Å². The number of hydrogen-bond acceptors (Lipinski definition) is 5. The Morgan fingerprint density at radius 1 is 1.58 bits per heavy atom. The van der Waals surface area contributed by atoms with Crippen LogP contribution in [-0.4, -0.2) is 25.8 Å². The van der Waals surface area contributed by atoms with E-state index in [0.717, 1.165) is 23.1 Å². The van der Waals surface area contributed by atoms with Crippen molar-refractivity contribution in [1.82, 2.24) is 9.97 Å². The van der Waals surface area contributed by atoms with Gasteiger partial charge in [0.1, 0.15) is 9.58 Å². The zero-order chi connectivity index (χ0) is 14.2. The van der Waals surface area contributed by atoms with Crippen molar-refractivity contribution in [3.05, 3.63) is 21.3 Å². The van der Waals surface area contributed by atoms with Gasteiger partial charge in [0.15, 0.2) is 5.16 Å². The van der Waals surface area contributed by atoms with Crippen molar-refractivity contribution < 1.29 is 9.90 Å². The Balaban J connectivity index is 2.46. The molecule has 19 heavy (non-hydrogen) atoms. The number of aryl methyl sites for hydroxylation is 1. The van der Waals surface area contributed by atoms with Crippen molar-refractivity contribution in [1.29, 1.82) is 0 Å². The number of fused-ring (bicyclic) bond motifs is 1. The van der Waals surface area contributed by atoms with Crippen LogP contribution in [-0.2, 0) is 11.2 Å². The van der Waals surface area contributed by atoms with Gasteiger partial charge < -0.3 is 10.1 Å². The van der Waals surface area contributed by atoms with Gasteiger partial charge in [-0.05, 0) is 26.3 Å². The lowest BCUT2D eigenvalue weighted by Gasteiger charge is -2.16. The molecule has 102 valence electrons. The van der Waals surface area contributed by atoms with Gasteiger partial charge in [-0.15, -0.1) is 11.3 Å². The van der Waals surface area contributed by atoms with Crippen LogP contribution in [0.15, 0.2) is 16.0 Å². The van der Waals surface area contributed by atoms with Gasteiger partial charge in [-0.25, -0.2) is 4.98 Å². The molecule has 0 fully saturated rings. The molecule has 7 heteroatoms. The average Bonchev–Trinajstić information content (AvgIpc) is 2.71. The van der Waals surface area contributed by atoms with Gasteiger partial charge in [-0.1, -0.05) is 18.7 Å². The molecule has 0 aliphatic rings. The number of aliphatic carboxylic acids is 1. The highest BCUT2D eigenvalue weighted by Gasteiger charge is 2.29. The summed E-state index contributed by atoms with van der Waals surface area (Å²) in [6, 6.07) is 1.84. The first kappa shape index (κ1) is 14.1. The van der Waals surface area contributed by atoms with Crippen LogP contribution in [0.4, 0.5) is 0 Å². The predicted octanol–water partition coefficient (Wildman–Crippen LogP) is 2.50. The standard InChI is InChI=1S/C12H14N2O3S2/c1-4-6-5-7-8(15)13-11(14-9(7)18-6)19-12(2,3)10(16)17/h5H,4H2,1-3H3,(H,16,17)(H,13,14,15). The molecule has 0 atom stereocenters. The number of aromatic nitrogens is 2. The molecule has 2 aromatic heterocycles. The third-order valence-corrected chi connectivity index (χ3v) is 4.89. The maximum absolute atomic E-state index is 11.9. The first-order valence-electron chi connectivity index (χ1n) is 5.78. The number of carbonyl (C=O) groups is 1. The minimum atomic E-state index is -1.03. The molecule has 5 nitrogen and oxygen atoms in total. The summed E-state index contributed by atoms with van der Waals surface area (Å²) in [5, 5.41) is 10.0. The lowest BCUT2D eigenvalue weighted by atomic mass is 10.2. The SMILES string of the molecule is CCc1cc2c(=O)[nH]c(SC(C)(C)C(=O)O)nc2s1. The second-order valence-corrected chi connectivity index (χ2v) is 7.30. The van der Waals surface area contributed by atoms with Gasteiger partial charge in [0.2, 0.25) is 0 Å². The number of thioether (sulfide) groups is 1. The van der Waals surface area contributed by atoms with Crippen LogP contribution in [0.5, 0.6) is 0 Å². The number of carboxylic acid groups (broad SMARTS) is 1. The Bertz CT molecular complexity index is 688. The highest BCUT2D eigenvalue weighted by molar-refractivity contribution is 8.01. The topological polar surface area (TPSA) is 83.0 Å². The van der Waals surface area contributed by atoms with E-state index in [9.17, 15) is 9.59 Å². The largest absolute Gasteiger partial charge is 0.480 e. The van der Waals surface area contributed by atoms with Crippen LogP contribution in [0, 0.1) is 0 Å². The minimum Gasteiger partial charge on any atom is -0.480 e. The molecular weight excluding hydrogens is 284 g/mol. The summed E-state index contributed by atoms with van der Waals surface area (Å²) in [7, 11) is 0. The summed E-state index contributed by atoms with van der Waals surface area (Å²) in [5.74, 6) is -0.944. The molecule has 0 saturated heterocycles. The maximum atomic E-state index is 11.9. The van der Waals surface area contributed by atoms with Gasteiger partial charge in [0.05, 0.1) is 5.39 Å². The van der Waals surface area contributed by atoms with Crippen molar-refractivity contribution in [2.75, 3.05) is 0 Å². The molecule has 0 radical (unpaired) electrons. The van der Waals surface area contributed by atoms with Gasteiger partial charge >= 0.3 is 5.97 Å². The van der Waals surface area contributed by atoms with E-state index in [0.29, 0.717) is 15.4 Å². The van der Waals surface area contributed by atoms with E-state index < -0.39 is 10.7 Å². The highest BCUT2D eigenvalue weighted by Crippen LogP contribution is 2.31. The van der Waals surface area contributed by atoms with E-state index in [1.54, 1.807) is 13.8 Å². The third-order valence-electron chi connectivity index (χ3n) is 2.65.